The highest BCUT2D eigenvalue weighted by Crippen LogP contribution is 2.39. The molecule has 5 rings (SSSR count). The second kappa shape index (κ2) is 8.10. The van der Waals surface area contributed by atoms with Crippen LogP contribution in [0.5, 0.6) is 0 Å². The van der Waals surface area contributed by atoms with E-state index >= 15 is 0 Å². The lowest BCUT2D eigenvalue weighted by molar-refractivity contribution is -0.0451. The molecule has 172 valence electrons. The lowest BCUT2D eigenvalue weighted by Gasteiger charge is -2.16. The zero-order valence-electron chi connectivity index (χ0n) is 17.4. The summed E-state index contributed by atoms with van der Waals surface area (Å²) in [5.41, 5.74) is 0.492. The van der Waals surface area contributed by atoms with Crippen LogP contribution in [0.25, 0.3) is 11.2 Å². The normalized spacial score (nSPS) is 23.0. The third-order valence-corrected chi connectivity index (χ3v) is 5.27. The van der Waals surface area contributed by atoms with E-state index in [9.17, 15) is 19.0 Å². The van der Waals surface area contributed by atoms with E-state index in [2.05, 4.69) is 30.4 Å². The molecule has 0 amide bonds. The lowest BCUT2D eigenvalue weighted by atomic mass is 10.1. The SMILES string of the molecule is CC(C)c1noc([C@H]2O[C@@H](n3cnc4c(Nc5ccc(F)cc5F)ncnc43)[C@H](O)[C@@H]2O)n1. The average Bonchev–Trinajstić information content (AvgIpc) is 3.49. The van der Waals surface area contributed by atoms with Crippen LogP contribution in [-0.2, 0) is 4.74 Å². The molecule has 0 radical (unpaired) electrons. The number of nitrogens with zero attached hydrogens (tertiary/aromatic N) is 6. The number of hydrogen-bond donors (Lipinski definition) is 3. The van der Waals surface area contributed by atoms with Crippen molar-refractivity contribution >= 4 is 22.7 Å². The summed E-state index contributed by atoms with van der Waals surface area (Å²) in [6.07, 6.45) is -2.28. The number of halogens is 2. The van der Waals surface area contributed by atoms with Crippen molar-refractivity contribution in [2.75, 3.05) is 5.32 Å². The van der Waals surface area contributed by atoms with Crippen molar-refractivity contribution < 1.29 is 28.3 Å². The minimum absolute atomic E-state index is 0.00376. The van der Waals surface area contributed by atoms with Crippen LogP contribution < -0.4 is 5.32 Å². The number of aliphatic hydroxyl groups excluding tert-OH is 2. The minimum atomic E-state index is -1.36. The van der Waals surface area contributed by atoms with Gasteiger partial charge in [0, 0.05) is 12.0 Å². The minimum Gasteiger partial charge on any atom is -0.387 e. The van der Waals surface area contributed by atoms with Crippen LogP contribution in [0.3, 0.4) is 0 Å². The van der Waals surface area contributed by atoms with E-state index in [0.717, 1.165) is 12.1 Å². The summed E-state index contributed by atoms with van der Waals surface area (Å²) in [6, 6.07) is 3.08. The molecule has 4 aromatic rings. The highest BCUT2D eigenvalue weighted by atomic mass is 19.1. The monoisotopic (exact) mass is 459 g/mol. The maximum Gasteiger partial charge on any atom is 0.258 e. The Morgan fingerprint density at radius 3 is 2.67 bits per heavy atom. The second-order valence-corrected chi connectivity index (χ2v) is 7.87. The van der Waals surface area contributed by atoms with Gasteiger partial charge in [-0.1, -0.05) is 19.0 Å². The topological polar surface area (TPSA) is 144 Å². The number of aromatic nitrogens is 6. The van der Waals surface area contributed by atoms with Gasteiger partial charge in [0.25, 0.3) is 5.89 Å². The fourth-order valence-corrected chi connectivity index (χ4v) is 3.54. The Morgan fingerprint density at radius 2 is 1.94 bits per heavy atom. The standard InChI is InChI=1S/C20H19F2N7O4/c1-8(2)16-27-19(33-28-16)15-13(30)14(31)20(32-15)29-7-25-12-17(23-6-24-18(12)29)26-11-4-3-9(21)5-10(11)22/h3-8,13-15,20,30-31H,1-2H3,(H,23,24,26)/t13-,14+,15-,20+/m0/s1. The smallest absolute Gasteiger partial charge is 0.258 e. The molecule has 0 spiro atoms. The van der Waals surface area contributed by atoms with Gasteiger partial charge in [0.1, 0.15) is 30.2 Å². The Labute approximate surface area is 185 Å². The van der Waals surface area contributed by atoms with Crippen LogP contribution in [0.15, 0.2) is 35.4 Å². The summed E-state index contributed by atoms with van der Waals surface area (Å²) < 4.78 is 39.7. The summed E-state index contributed by atoms with van der Waals surface area (Å²) in [5, 5.41) is 27.8. The van der Waals surface area contributed by atoms with E-state index in [1.54, 1.807) is 0 Å². The van der Waals surface area contributed by atoms with Gasteiger partial charge in [-0.3, -0.25) is 4.57 Å². The zero-order valence-corrected chi connectivity index (χ0v) is 17.4. The summed E-state index contributed by atoms with van der Waals surface area (Å²) in [6.45, 7) is 3.78. The highest BCUT2D eigenvalue weighted by Gasteiger charge is 2.47. The van der Waals surface area contributed by atoms with E-state index in [1.807, 2.05) is 13.8 Å². The molecule has 11 nitrogen and oxygen atoms in total. The molecule has 0 bridgehead atoms. The molecular formula is C20H19F2N7O4. The fraction of sp³-hybridized carbons (Fsp3) is 0.350. The summed E-state index contributed by atoms with van der Waals surface area (Å²) in [5.74, 6) is -0.857. The first-order chi connectivity index (χ1) is 15.8. The van der Waals surface area contributed by atoms with Crippen molar-refractivity contribution in [2.45, 2.75) is 44.3 Å². The van der Waals surface area contributed by atoms with Gasteiger partial charge in [0.2, 0.25) is 0 Å². The molecule has 0 saturated carbocycles. The first-order valence-electron chi connectivity index (χ1n) is 10.1. The second-order valence-electron chi connectivity index (χ2n) is 7.87. The maximum atomic E-state index is 14.1. The molecule has 33 heavy (non-hydrogen) atoms. The average molecular weight is 459 g/mol. The van der Waals surface area contributed by atoms with E-state index in [4.69, 9.17) is 9.26 Å². The van der Waals surface area contributed by atoms with Gasteiger partial charge < -0.3 is 24.8 Å². The lowest BCUT2D eigenvalue weighted by Crippen LogP contribution is -2.29. The molecule has 0 unspecified atom stereocenters. The predicted molar refractivity (Wildman–Crippen MR) is 108 cm³/mol. The molecule has 4 heterocycles. The summed E-state index contributed by atoms with van der Waals surface area (Å²) in [4.78, 5) is 16.7. The molecule has 0 aliphatic carbocycles. The first-order valence-corrected chi connectivity index (χ1v) is 10.1. The highest BCUT2D eigenvalue weighted by molar-refractivity contribution is 5.85. The van der Waals surface area contributed by atoms with Crippen molar-refractivity contribution in [1.82, 2.24) is 29.7 Å². The van der Waals surface area contributed by atoms with E-state index in [-0.39, 0.29) is 34.5 Å². The fourth-order valence-electron chi connectivity index (χ4n) is 3.54. The quantitative estimate of drug-likeness (QED) is 0.407. The number of anilines is 2. The van der Waals surface area contributed by atoms with Crippen LogP contribution in [0.1, 0.15) is 43.8 Å². The van der Waals surface area contributed by atoms with E-state index in [0.29, 0.717) is 5.82 Å². The molecule has 1 aliphatic heterocycles. The Morgan fingerprint density at radius 1 is 1.12 bits per heavy atom. The van der Waals surface area contributed by atoms with Gasteiger partial charge in [-0.15, -0.1) is 0 Å². The van der Waals surface area contributed by atoms with Gasteiger partial charge in [0.05, 0.1) is 12.0 Å². The van der Waals surface area contributed by atoms with Crippen LogP contribution in [0, 0.1) is 11.6 Å². The molecule has 3 N–H and O–H groups in total. The number of ether oxygens (including phenoxy) is 1. The van der Waals surface area contributed by atoms with E-state index < -0.39 is 36.2 Å². The third-order valence-electron chi connectivity index (χ3n) is 5.27. The van der Waals surface area contributed by atoms with Crippen molar-refractivity contribution in [3.8, 4) is 0 Å². The zero-order chi connectivity index (χ0) is 23.3. The van der Waals surface area contributed by atoms with Crippen LogP contribution in [-0.4, -0.2) is 52.1 Å². The Kier molecular flexibility index (Phi) is 5.23. The molecular weight excluding hydrogens is 440 g/mol. The molecule has 3 aromatic heterocycles. The van der Waals surface area contributed by atoms with Crippen LogP contribution in [0.4, 0.5) is 20.3 Å². The van der Waals surface area contributed by atoms with Crippen molar-refractivity contribution in [2.24, 2.45) is 0 Å². The van der Waals surface area contributed by atoms with Crippen LogP contribution >= 0.6 is 0 Å². The Balaban J connectivity index is 1.46. The third kappa shape index (κ3) is 3.69. The number of rotatable bonds is 5. The molecule has 1 aliphatic rings. The maximum absolute atomic E-state index is 14.1. The van der Waals surface area contributed by atoms with Crippen molar-refractivity contribution in [1.29, 1.82) is 0 Å². The molecule has 1 saturated heterocycles. The number of nitrogens with one attached hydrogen (secondary N) is 1. The molecule has 1 aromatic carbocycles. The number of hydrogen-bond acceptors (Lipinski definition) is 10. The summed E-state index contributed by atoms with van der Waals surface area (Å²) >= 11 is 0. The van der Waals surface area contributed by atoms with E-state index in [1.165, 1.54) is 23.3 Å². The molecule has 13 heteroatoms. The number of fused-ring (bicyclic) bond motifs is 1. The number of benzene rings is 1. The number of aliphatic hydroxyl groups is 2. The largest absolute Gasteiger partial charge is 0.387 e. The number of imidazole rings is 1. The van der Waals surface area contributed by atoms with Gasteiger partial charge in [-0.25, -0.2) is 23.7 Å². The van der Waals surface area contributed by atoms with Gasteiger partial charge in [-0.2, -0.15) is 4.98 Å². The molecule has 1 fully saturated rings. The predicted octanol–water partition coefficient (Wildman–Crippen LogP) is 2.35. The Bertz CT molecular complexity index is 1310. The van der Waals surface area contributed by atoms with Crippen molar-refractivity contribution in [3.05, 3.63) is 54.2 Å². The van der Waals surface area contributed by atoms with Gasteiger partial charge in [-0.05, 0) is 12.1 Å². The first kappa shape index (κ1) is 21.3. The van der Waals surface area contributed by atoms with Gasteiger partial charge in [0.15, 0.2) is 35.1 Å². The Hall–Kier alpha value is -3.55. The summed E-state index contributed by atoms with van der Waals surface area (Å²) in [7, 11) is 0. The van der Waals surface area contributed by atoms with Gasteiger partial charge >= 0.3 is 0 Å². The van der Waals surface area contributed by atoms with Crippen molar-refractivity contribution in [3.63, 3.8) is 0 Å². The van der Waals surface area contributed by atoms with Crippen LogP contribution in [0.2, 0.25) is 0 Å². The molecule has 4 atom stereocenters.